The van der Waals surface area contributed by atoms with E-state index in [1.54, 1.807) is 6.08 Å². The minimum absolute atomic E-state index is 0. The number of aliphatic hydroxyl groups excluding tert-OH is 2. The smallest absolute Gasteiger partial charge is 0.332 e. The number of aliphatic hydroxyl groups is 3. The standard InChI is InChI=1S/C23H32O6.C17H27NO3.C3H6O3.ClH.H3N/c1-13(24)29-12-19(27)23(28)9-7-17-16-5-4-14-10-15(25)6-8-21(14,2)20(16)18(26)11-22(17,23)3;1-2-3-12-20-16-5-7-17(8-6-16)21-13-4-9-18-10-14-19-15-11-18;1-2(4)3(5)6;;/h10,16-18,20,26,28H,4-9,11-12H2,1-3H3;5-8H,2-4,9-15H2,1H3;2,4H,1H3,(H,5,6);1H;1H3/t16-,17-,18-,20+,21-,22-,23-;;;;/m0..../s1. The number of morpholine rings is 1. The van der Waals surface area contributed by atoms with Crippen LogP contribution in [0.25, 0.3) is 0 Å². The van der Waals surface area contributed by atoms with E-state index in [4.69, 9.17) is 29.2 Å². The van der Waals surface area contributed by atoms with Gasteiger partial charge in [-0.25, -0.2) is 4.79 Å². The molecule has 330 valence electrons. The van der Waals surface area contributed by atoms with Crippen molar-refractivity contribution < 1.29 is 58.6 Å². The molecule has 14 nitrogen and oxygen atoms in total. The summed E-state index contributed by atoms with van der Waals surface area (Å²) in [5.41, 5.74) is -1.36. The van der Waals surface area contributed by atoms with Gasteiger partial charge in [0, 0.05) is 38.4 Å². The number of rotatable bonds is 13. The van der Waals surface area contributed by atoms with E-state index in [9.17, 15) is 29.4 Å². The zero-order valence-corrected chi connectivity index (χ0v) is 35.9. The lowest BCUT2D eigenvalue weighted by Crippen LogP contribution is -2.62. The Morgan fingerprint density at radius 2 is 1.57 bits per heavy atom. The van der Waals surface area contributed by atoms with Crippen LogP contribution in [-0.4, -0.2) is 119 Å². The minimum Gasteiger partial charge on any atom is -0.494 e. The van der Waals surface area contributed by atoms with Crippen LogP contribution in [0.15, 0.2) is 35.9 Å². The largest absolute Gasteiger partial charge is 0.494 e. The van der Waals surface area contributed by atoms with Gasteiger partial charge in [0.15, 0.2) is 12.4 Å². The van der Waals surface area contributed by atoms with E-state index >= 15 is 0 Å². The van der Waals surface area contributed by atoms with Crippen molar-refractivity contribution in [2.75, 3.05) is 52.7 Å². The van der Waals surface area contributed by atoms with Crippen LogP contribution in [0.1, 0.15) is 98.8 Å². The highest BCUT2D eigenvalue weighted by Crippen LogP contribution is 2.67. The summed E-state index contributed by atoms with van der Waals surface area (Å²) in [7, 11) is 0. The monoisotopic (exact) mass is 840 g/mol. The molecule has 7 N–H and O–H groups in total. The van der Waals surface area contributed by atoms with Gasteiger partial charge in [-0.3, -0.25) is 19.3 Å². The molecular weight excluding hydrogens is 772 g/mol. The fourth-order valence-electron chi connectivity index (χ4n) is 9.71. The quantitative estimate of drug-likeness (QED) is 0.125. The molecule has 15 heteroatoms. The zero-order valence-electron chi connectivity index (χ0n) is 35.1. The molecule has 58 heavy (non-hydrogen) atoms. The number of esters is 1. The third kappa shape index (κ3) is 12.5. The van der Waals surface area contributed by atoms with Gasteiger partial charge in [-0.15, -0.1) is 12.4 Å². The normalized spacial score (nSPS) is 30.3. The molecule has 0 radical (unpaired) electrons. The summed E-state index contributed by atoms with van der Waals surface area (Å²) < 4.78 is 21.6. The molecule has 4 aliphatic carbocycles. The van der Waals surface area contributed by atoms with E-state index in [1.165, 1.54) is 13.8 Å². The van der Waals surface area contributed by atoms with Gasteiger partial charge in [-0.05, 0) is 112 Å². The number of carbonyl (C=O) groups excluding carboxylic acids is 3. The average molecular weight is 841 g/mol. The fraction of sp³-hybridized carbons (Fsp3) is 0.721. The van der Waals surface area contributed by atoms with Crippen LogP contribution < -0.4 is 15.6 Å². The number of hydrogen-bond acceptors (Lipinski definition) is 13. The van der Waals surface area contributed by atoms with Crippen LogP contribution in [0.4, 0.5) is 0 Å². The summed E-state index contributed by atoms with van der Waals surface area (Å²) in [6, 6.07) is 7.92. The predicted octanol–water partition coefficient (Wildman–Crippen LogP) is 5.35. The minimum atomic E-state index is -1.58. The van der Waals surface area contributed by atoms with Gasteiger partial charge < -0.3 is 45.5 Å². The number of aliphatic carboxylic acids is 1. The number of allylic oxidation sites excluding steroid dienone is 1. The van der Waals surface area contributed by atoms with E-state index in [2.05, 4.69) is 18.7 Å². The molecule has 1 unspecified atom stereocenters. The zero-order chi connectivity index (χ0) is 41.1. The Kier molecular flexibility index (Phi) is 20.3. The number of benzene rings is 1. The van der Waals surface area contributed by atoms with Crippen molar-refractivity contribution in [3.63, 3.8) is 0 Å². The van der Waals surface area contributed by atoms with Gasteiger partial charge in [0.1, 0.15) is 23.2 Å². The Balaban J connectivity index is 0.000000353. The Labute approximate surface area is 350 Å². The van der Waals surface area contributed by atoms with Crippen molar-refractivity contribution in [3.05, 3.63) is 35.9 Å². The molecule has 0 spiro atoms. The Morgan fingerprint density at radius 3 is 2.12 bits per heavy atom. The number of Topliss-reactive ketones (excluding diaryl/α,β-unsaturated/α-hetero) is 1. The molecule has 1 aromatic rings. The number of ether oxygens (including phenoxy) is 4. The molecule has 1 aliphatic heterocycles. The SMILES string of the molecule is CC(=O)OCC(=O)[C@@]1(O)CC[C@H]2[C@@H]3CCC4=CC(=O)CC[C@]4(C)[C@H]3[C@@H](O)C[C@@]21C.CC(O)C(=O)O.CCCCOc1ccc(OCCCN2CCOCC2)cc1.Cl.N. The lowest BCUT2D eigenvalue weighted by Gasteiger charge is -2.60. The van der Waals surface area contributed by atoms with Crippen molar-refractivity contribution >= 4 is 35.9 Å². The number of carboxylic acids is 1. The second-order valence-electron chi connectivity index (χ2n) is 16.5. The van der Waals surface area contributed by atoms with Gasteiger partial charge >= 0.3 is 11.9 Å². The average Bonchev–Trinajstić information content (AvgIpc) is 3.44. The summed E-state index contributed by atoms with van der Waals surface area (Å²) in [4.78, 5) is 47.8. The molecule has 1 heterocycles. The second kappa shape index (κ2) is 23.0. The molecule has 1 aromatic carbocycles. The number of hydrogen-bond donors (Lipinski definition) is 5. The third-order valence-electron chi connectivity index (χ3n) is 12.9. The van der Waals surface area contributed by atoms with Gasteiger partial charge in [0.2, 0.25) is 5.78 Å². The summed E-state index contributed by atoms with van der Waals surface area (Å²) in [5, 5.41) is 38.5. The number of fused-ring (bicyclic) bond motifs is 5. The molecule has 6 rings (SSSR count). The fourth-order valence-corrected chi connectivity index (χ4v) is 9.71. The van der Waals surface area contributed by atoms with Crippen LogP contribution in [-0.2, 0) is 28.7 Å². The first-order valence-corrected chi connectivity index (χ1v) is 20.4. The topological polar surface area (TPSA) is 224 Å². The molecule has 4 fully saturated rings. The first-order chi connectivity index (χ1) is 26.6. The molecule has 0 amide bonds. The van der Waals surface area contributed by atoms with E-state index in [0.29, 0.717) is 19.3 Å². The molecule has 1 saturated heterocycles. The number of carbonyl (C=O) groups is 4. The van der Waals surface area contributed by atoms with Crippen molar-refractivity contribution in [3.8, 4) is 11.5 Å². The Bertz CT molecular complexity index is 1520. The highest BCUT2D eigenvalue weighted by molar-refractivity contribution is 5.92. The van der Waals surface area contributed by atoms with Gasteiger partial charge in [-0.1, -0.05) is 32.8 Å². The Hall–Kier alpha value is -3.11. The first kappa shape index (κ1) is 51.0. The lowest BCUT2D eigenvalue weighted by molar-refractivity contribution is -0.184. The van der Waals surface area contributed by atoms with Crippen LogP contribution in [0.3, 0.4) is 0 Å². The maximum Gasteiger partial charge on any atom is 0.332 e. The van der Waals surface area contributed by atoms with Crippen molar-refractivity contribution in [1.82, 2.24) is 11.1 Å². The molecule has 0 aromatic heterocycles. The number of carboxylic acid groups (broad SMARTS) is 1. The van der Waals surface area contributed by atoms with E-state index in [0.717, 1.165) is 108 Å². The number of ketones is 2. The van der Waals surface area contributed by atoms with Crippen LogP contribution in [0.2, 0.25) is 0 Å². The van der Waals surface area contributed by atoms with Gasteiger partial charge in [-0.2, -0.15) is 0 Å². The summed E-state index contributed by atoms with van der Waals surface area (Å²) in [6.45, 7) is 14.7. The second-order valence-corrected chi connectivity index (χ2v) is 16.5. The molecule has 5 aliphatic rings. The highest BCUT2D eigenvalue weighted by Gasteiger charge is 2.68. The van der Waals surface area contributed by atoms with Crippen LogP contribution in [0, 0.1) is 28.6 Å². The van der Waals surface area contributed by atoms with E-state index < -0.39 is 47.6 Å². The number of halogens is 1. The Morgan fingerprint density at radius 1 is 0.983 bits per heavy atom. The third-order valence-corrected chi connectivity index (χ3v) is 12.9. The number of nitrogens with zero attached hydrogens (tertiary/aromatic N) is 1. The van der Waals surface area contributed by atoms with E-state index in [1.807, 2.05) is 31.2 Å². The molecule has 3 saturated carbocycles. The van der Waals surface area contributed by atoms with Crippen molar-refractivity contribution in [1.29, 1.82) is 0 Å². The lowest BCUT2D eigenvalue weighted by atomic mass is 9.45. The van der Waals surface area contributed by atoms with Gasteiger partial charge in [0.05, 0.1) is 32.5 Å². The molecule has 8 atom stereocenters. The van der Waals surface area contributed by atoms with E-state index in [-0.39, 0.29) is 47.5 Å². The summed E-state index contributed by atoms with van der Waals surface area (Å²) in [5.74, 6) is 0.190. The maximum absolute atomic E-state index is 12.9. The van der Waals surface area contributed by atoms with Crippen LogP contribution in [0.5, 0.6) is 11.5 Å². The van der Waals surface area contributed by atoms with Crippen molar-refractivity contribution in [2.24, 2.45) is 28.6 Å². The first-order valence-electron chi connectivity index (χ1n) is 20.4. The van der Waals surface area contributed by atoms with Crippen molar-refractivity contribution in [2.45, 2.75) is 117 Å². The molecular formula is C43H69ClN2O12. The summed E-state index contributed by atoms with van der Waals surface area (Å²) >= 11 is 0. The highest BCUT2D eigenvalue weighted by atomic mass is 35.5. The van der Waals surface area contributed by atoms with Gasteiger partial charge in [0.25, 0.3) is 0 Å². The van der Waals surface area contributed by atoms with Crippen LogP contribution >= 0.6 is 12.4 Å². The summed E-state index contributed by atoms with van der Waals surface area (Å²) in [6.07, 6.45) is 7.61. The number of unbranched alkanes of at least 4 members (excludes halogenated alkanes) is 1. The molecule has 0 bridgehead atoms. The maximum atomic E-state index is 12.9. The predicted molar refractivity (Wildman–Crippen MR) is 220 cm³/mol.